The minimum Gasteiger partial charge on any atom is -0.307 e. The highest BCUT2D eigenvalue weighted by Gasteiger charge is 2.20. The first-order chi connectivity index (χ1) is 5.34. The number of hydrogen-bond acceptors (Lipinski definition) is 3. The van der Waals surface area contributed by atoms with E-state index in [1.54, 1.807) is 0 Å². The van der Waals surface area contributed by atoms with Gasteiger partial charge in [0, 0.05) is 6.04 Å². The van der Waals surface area contributed by atoms with Gasteiger partial charge in [0.1, 0.15) is 5.82 Å². The van der Waals surface area contributed by atoms with Gasteiger partial charge in [-0.2, -0.15) is 5.10 Å². The van der Waals surface area contributed by atoms with Gasteiger partial charge in [0.15, 0.2) is 0 Å². The van der Waals surface area contributed by atoms with Crippen molar-refractivity contribution in [1.29, 1.82) is 0 Å². The lowest BCUT2D eigenvalue weighted by Crippen LogP contribution is -2.16. The van der Waals surface area contributed by atoms with Crippen molar-refractivity contribution in [3.63, 3.8) is 0 Å². The maximum absolute atomic E-state index is 10.5. The fourth-order valence-electron chi connectivity index (χ4n) is 0.917. The molecule has 3 N–H and O–H groups in total. The van der Waals surface area contributed by atoms with Crippen LogP contribution in [0.4, 0.5) is 0 Å². The van der Waals surface area contributed by atoms with Crippen LogP contribution in [-0.2, 0) is 6.54 Å². The fourth-order valence-corrected chi connectivity index (χ4v) is 0.917. The molecule has 60 valence electrons. The van der Waals surface area contributed by atoms with Crippen LogP contribution in [0, 0.1) is 0 Å². The third-order valence-corrected chi connectivity index (χ3v) is 1.69. The van der Waals surface area contributed by atoms with Crippen LogP contribution in [0.25, 0.3) is 0 Å². The van der Waals surface area contributed by atoms with Crippen LogP contribution in [0.3, 0.4) is 0 Å². The van der Waals surface area contributed by atoms with E-state index in [1.165, 1.54) is 12.8 Å². The first-order valence-electron chi connectivity index (χ1n) is 3.71. The van der Waals surface area contributed by atoms with Gasteiger partial charge < -0.3 is 5.32 Å². The second-order valence-electron chi connectivity index (χ2n) is 2.78. The Hall–Kier alpha value is -1.10. The third kappa shape index (κ3) is 1.68. The summed E-state index contributed by atoms with van der Waals surface area (Å²) in [7, 11) is 0. The molecular formula is C6H10N4O. The van der Waals surface area contributed by atoms with Crippen LogP contribution in [0.2, 0.25) is 0 Å². The zero-order chi connectivity index (χ0) is 7.68. The number of aromatic nitrogens is 3. The number of aromatic amines is 2. The lowest BCUT2D eigenvalue weighted by molar-refractivity contribution is 0.660. The molecule has 1 aliphatic carbocycles. The molecule has 1 heterocycles. The highest BCUT2D eigenvalue weighted by molar-refractivity contribution is 4.86. The number of nitrogens with one attached hydrogen (secondary N) is 3. The summed E-state index contributed by atoms with van der Waals surface area (Å²) in [6.45, 7) is 0.656. The molecule has 0 amide bonds. The molecule has 1 aromatic heterocycles. The molecule has 11 heavy (non-hydrogen) atoms. The second-order valence-corrected chi connectivity index (χ2v) is 2.78. The molecule has 5 nitrogen and oxygen atoms in total. The summed E-state index contributed by atoms with van der Waals surface area (Å²) in [5, 5.41) is 9.31. The van der Waals surface area contributed by atoms with Crippen molar-refractivity contribution in [2.24, 2.45) is 0 Å². The van der Waals surface area contributed by atoms with E-state index < -0.39 is 0 Å². The van der Waals surface area contributed by atoms with Crippen molar-refractivity contribution in [2.45, 2.75) is 25.4 Å². The molecule has 0 atom stereocenters. The van der Waals surface area contributed by atoms with Gasteiger partial charge in [-0.1, -0.05) is 0 Å². The van der Waals surface area contributed by atoms with Crippen molar-refractivity contribution in [3.05, 3.63) is 16.3 Å². The average molecular weight is 154 g/mol. The van der Waals surface area contributed by atoms with Gasteiger partial charge in [-0.15, -0.1) is 0 Å². The van der Waals surface area contributed by atoms with Crippen LogP contribution in [0.5, 0.6) is 0 Å². The Morgan fingerprint density at radius 1 is 1.64 bits per heavy atom. The number of hydrogen-bond donors (Lipinski definition) is 3. The predicted octanol–water partition coefficient (Wildman–Crippen LogP) is -0.650. The van der Waals surface area contributed by atoms with Gasteiger partial charge in [-0.3, -0.25) is 4.98 Å². The van der Waals surface area contributed by atoms with E-state index in [9.17, 15) is 4.79 Å². The van der Waals surface area contributed by atoms with Gasteiger partial charge in [0.05, 0.1) is 6.54 Å². The molecule has 1 fully saturated rings. The Bertz CT molecular complexity index is 285. The molecule has 5 heteroatoms. The predicted molar refractivity (Wildman–Crippen MR) is 39.1 cm³/mol. The number of rotatable bonds is 3. The van der Waals surface area contributed by atoms with E-state index in [2.05, 4.69) is 20.5 Å². The number of H-pyrrole nitrogens is 2. The Kier molecular flexibility index (Phi) is 1.50. The summed E-state index contributed by atoms with van der Waals surface area (Å²) in [6.07, 6.45) is 2.49. The summed E-state index contributed by atoms with van der Waals surface area (Å²) < 4.78 is 0. The first-order valence-corrected chi connectivity index (χ1v) is 3.71. The van der Waals surface area contributed by atoms with Crippen LogP contribution >= 0.6 is 0 Å². The van der Waals surface area contributed by atoms with Crippen LogP contribution in [-0.4, -0.2) is 21.2 Å². The summed E-state index contributed by atoms with van der Waals surface area (Å²) >= 11 is 0. The molecule has 0 unspecified atom stereocenters. The van der Waals surface area contributed by atoms with Crippen molar-refractivity contribution >= 4 is 0 Å². The molecule has 0 spiro atoms. The summed E-state index contributed by atoms with van der Waals surface area (Å²) in [6, 6.07) is 0.648. The third-order valence-electron chi connectivity index (χ3n) is 1.69. The van der Waals surface area contributed by atoms with E-state index in [4.69, 9.17) is 0 Å². The Morgan fingerprint density at radius 3 is 3.00 bits per heavy atom. The van der Waals surface area contributed by atoms with E-state index in [0.717, 1.165) is 0 Å². The SMILES string of the molecule is O=c1[nH]nc(CNC2CC2)[nH]1. The van der Waals surface area contributed by atoms with Gasteiger partial charge >= 0.3 is 5.69 Å². The smallest absolute Gasteiger partial charge is 0.307 e. The summed E-state index contributed by atoms with van der Waals surface area (Å²) in [4.78, 5) is 13.1. The highest BCUT2D eigenvalue weighted by Crippen LogP contribution is 2.18. The molecule has 0 aliphatic heterocycles. The minimum absolute atomic E-state index is 0.238. The maximum Gasteiger partial charge on any atom is 0.340 e. The van der Waals surface area contributed by atoms with Crippen LogP contribution in [0.15, 0.2) is 4.79 Å². The molecule has 1 saturated carbocycles. The topological polar surface area (TPSA) is 73.6 Å². The molecule has 1 aliphatic rings. The molecule has 2 rings (SSSR count). The average Bonchev–Trinajstić information content (AvgIpc) is 2.72. The van der Waals surface area contributed by atoms with Gasteiger partial charge in [0.25, 0.3) is 0 Å². The monoisotopic (exact) mass is 154 g/mol. The highest BCUT2D eigenvalue weighted by atomic mass is 16.1. The normalized spacial score (nSPS) is 17.1. The molecule has 0 bridgehead atoms. The molecular weight excluding hydrogens is 144 g/mol. The van der Waals surface area contributed by atoms with Gasteiger partial charge in [0.2, 0.25) is 0 Å². The maximum atomic E-state index is 10.5. The van der Waals surface area contributed by atoms with Gasteiger partial charge in [-0.25, -0.2) is 9.89 Å². The Labute approximate surface area is 63.2 Å². The van der Waals surface area contributed by atoms with Crippen LogP contribution in [0.1, 0.15) is 18.7 Å². The van der Waals surface area contributed by atoms with Gasteiger partial charge in [-0.05, 0) is 12.8 Å². The minimum atomic E-state index is -0.238. The van der Waals surface area contributed by atoms with Crippen molar-refractivity contribution in [2.75, 3.05) is 0 Å². The zero-order valence-corrected chi connectivity index (χ0v) is 6.05. The van der Waals surface area contributed by atoms with Crippen molar-refractivity contribution in [3.8, 4) is 0 Å². The molecule has 0 radical (unpaired) electrons. The van der Waals surface area contributed by atoms with Crippen molar-refractivity contribution in [1.82, 2.24) is 20.5 Å². The second kappa shape index (κ2) is 2.50. The molecule has 0 aromatic carbocycles. The lowest BCUT2D eigenvalue weighted by atomic mass is 10.5. The quantitative estimate of drug-likeness (QED) is 0.541. The van der Waals surface area contributed by atoms with Crippen LogP contribution < -0.4 is 11.0 Å². The fraction of sp³-hybridized carbons (Fsp3) is 0.667. The van der Waals surface area contributed by atoms with E-state index in [1.807, 2.05) is 0 Å². The Balaban J connectivity index is 1.89. The molecule has 0 saturated heterocycles. The Morgan fingerprint density at radius 2 is 2.45 bits per heavy atom. The zero-order valence-electron chi connectivity index (χ0n) is 6.05. The standard InChI is InChI=1S/C6H10N4O/c11-6-8-5(9-10-6)3-7-4-1-2-4/h4,7H,1-3H2,(H2,8,9,10,11). The summed E-state index contributed by atoms with van der Waals surface area (Å²) in [5.74, 6) is 0.682. The van der Waals surface area contributed by atoms with E-state index in [0.29, 0.717) is 18.4 Å². The lowest BCUT2D eigenvalue weighted by Gasteiger charge is -1.95. The largest absolute Gasteiger partial charge is 0.340 e. The first kappa shape index (κ1) is 6.60. The molecule has 1 aromatic rings. The van der Waals surface area contributed by atoms with E-state index in [-0.39, 0.29) is 5.69 Å². The number of nitrogens with zero attached hydrogens (tertiary/aromatic N) is 1. The van der Waals surface area contributed by atoms with E-state index >= 15 is 0 Å². The summed E-state index contributed by atoms with van der Waals surface area (Å²) in [5.41, 5.74) is -0.238. The van der Waals surface area contributed by atoms with Crippen molar-refractivity contribution < 1.29 is 0 Å².